The van der Waals surface area contributed by atoms with E-state index in [2.05, 4.69) is 23.4 Å². The number of carbonyl (C=O) groups is 1. The summed E-state index contributed by atoms with van der Waals surface area (Å²) in [5.41, 5.74) is 3.14. The van der Waals surface area contributed by atoms with E-state index in [0.29, 0.717) is 13.0 Å². The Morgan fingerprint density at radius 1 is 1.25 bits per heavy atom. The number of amides is 1. The second-order valence-corrected chi connectivity index (χ2v) is 8.29. The molecule has 1 heterocycles. The van der Waals surface area contributed by atoms with Gasteiger partial charge in [0, 0.05) is 35.5 Å². The van der Waals surface area contributed by atoms with Gasteiger partial charge in [-0.2, -0.15) is 5.10 Å². The van der Waals surface area contributed by atoms with Gasteiger partial charge >= 0.3 is 0 Å². The van der Waals surface area contributed by atoms with Crippen molar-refractivity contribution in [3.05, 3.63) is 77.9 Å². The summed E-state index contributed by atoms with van der Waals surface area (Å²) in [6.45, 7) is 4.58. The first-order valence-corrected chi connectivity index (χ1v) is 10.2. The predicted octanol–water partition coefficient (Wildman–Crippen LogP) is 4.90. The fourth-order valence-corrected chi connectivity index (χ4v) is 3.91. The second kappa shape index (κ2) is 9.55. The number of nitrogens with zero attached hydrogens (tertiary/aromatic N) is 2. The molecular formula is C22H24FN3OS. The highest BCUT2D eigenvalue weighted by atomic mass is 32.2. The minimum Gasteiger partial charge on any atom is -0.352 e. The number of nitrogens with one attached hydrogen (secondary N) is 1. The van der Waals surface area contributed by atoms with E-state index in [0.717, 1.165) is 28.1 Å². The van der Waals surface area contributed by atoms with Crippen molar-refractivity contribution < 1.29 is 9.18 Å². The first-order chi connectivity index (χ1) is 13.5. The van der Waals surface area contributed by atoms with E-state index in [1.807, 2.05) is 36.0 Å². The summed E-state index contributed by atoms with van der Waals surface area (Å²) in [5.74, 6) is -0.207. The smallest absolute Gasteiger partial charge is 0.220 e. The molecule has 146 valence electrons. The highest BCUT2D eigenvalue weighted by molar-refractivity contribution is 7.99. The molecule has 0 aliphatic carbocycles. The number of hydrogen-bond donors (Lipinski definition) is 1. The van der Waals surface area contributed by atoms with Crippen LogP contribution in [0.4, 0.5) is 4.39 Å². The topological polar surface area (TPSA) is 46.9 Å². The van der Waals surface area contributed by atoms with Crippen LogP contribution in [0.15, 0.2) is 65.8 Å². The maximum Gasteiger partial charge on any atom is 0.220 e. The number of halogens is 1. The Morgan fingerprint density at radius 2 is 2.04 bits per heavy atom. The number of benzene rings is 2. The molecule has 0 radical (unpaired) electrons. The zero-order chi connectivity index (χ0) is 19.9. The normalized spacial score (nSPS) is 12.0. The molecule has 28 heavy (non-hydrogen) atoms. The molecule has 1 atom stereocenters. The highest BCUT2D eigenvalue weighted by Crippen LogP contribution is 2.26. The van der Waals surface area contributed by atoms with Crippen LogP contribution in [0.25, 0.3) is 5.69 Å². The summed E-state index contributed by atoms with van der Waals surface area (Å²) >= 11 is 1.65. The third kappa shape index (κ3) is 5.70. The molecule has 1 unspecified atom stereocenters. The largest absolute Gasteiger partial charge is 0.352 e. The maximum absolute atomic E-state index is 13.0. The van der Waals surface area contributed by atoms with Crippen LogP contribution in [0.3, 0.4) is 0 Å². The summed E-state index contributed by atoms with van der Waals surface area (Å²) < 4.78 is 14.8. The lowest BCUT2D eigenvalue weighted by Gasteiger charge is -2.13. The van der Waals surface area contributed by atoms with E-state index in [4.69, 9.17) is 0 Å². The van der Waals surface area contributed by atoms with E-state index in [-0.39, 0.29) is 17.0 Å². The van der Waals surface area contributed by atoms with Crippen molar-refractivity contribution >= 4 is 17.7 Å². The summed E-state index contributed by atoms with van der Waals surface area (Å²) in [5, 5.41) is 7.58. The number of aromatic nitrogens is 2. The Kier molecular flexibility index (Phi) is 6.87. The predicted molar refractivity (Wildman–Crippen MR) is 111 cm³/mol. The van der Waals surface area contributed by atoms with Gasteiger partial charge in [-0.15, -0.1) is 11.8 Å². The Labute approximate surface area is 169 Å². The van der Waals surface area contributed by atoms with Crippen LogP contribution >= 0.6 is 11.8 Å². The van der Waals surface area contributed by atoms with E-state index in [1.54, 1.807) is 30.1 Å². The van der Waals surface area contributed by atoms with E-state index in [9.17, 15) is 9.18 Å². The van der Waals surface area contributed by atoms with Crippen molar-refractivity contribution in [2.75, 3.05) is 0 Å². The van der Waals surface area contributed by atoms with Gasteiger partial charge in [0.1, 0.15) is 5.82 Å². The molecule has 0 saturated carbocycles. The molecule has 0 fully saturated rings. The van der Waals surface area contributed by atoms with Gasteiger partial charge in [0.2, 0.25) is 5.91 Å². The average Bonchev–Trinajstić information content (AvgIpc) is 3.21. The van der Waals surface area contributed by atoms with Crippen molar-refractivity contribution in [1.82, 2.24) is 15.1 Å². The molecule has 0 spiro atoms. The number of aryl methyl sites for hydroxylation is 1. The lowest BCUT2D eigenvalue weighted by atomic mass is 10.1. The molecule has 0 saturated heterocycles. The van der Waals surface area contributed by atoms with Crippen molar-refractivity contribution in [2.45, 2.75) is 43.4 Å². The second-order valence-electron chi connectivity index (χ2n) is 6.78. The van der Waals surface area contributed by atoms with Crippen LogP contribution in [-0.2, 0) is 11.3 Å². The molecule has 2 aromatic carbocycles. The van der Waals surface area contributed by atoms with Gasteiger partial charge in [0.05, 0.1) is 5.69 Å². The maximum atomic E-state index is 13.0. The lowest BCUT2D eigenvalue weighted by Crippen LogP contribution is -2.24. The van der Waals surface area contributed by atoms with Crippen LogP contribution < -0.4 is 5.32 Å². The number of hydrogen-bond acceptors (Lipinski definition) is 3. The third-order valence-electron chi connectivity index (χ3n) is 4.39. The Balaban J connectivity index is 1.50. The molecule has 1 N–H and O–H groups in total. The molecular weight excluding hydrogens is 373 g/mol. The SMILES string of the molecule is Cc1ccc(-n2cccn2)c(CNC(=O)CCC(C)Sc2ccc(F)cc2)c1. The molecule has 0 bridgehead atoms. The van der Waals surface area contributed by atoms with Gasteiger partial charge in [-0.3, -0.25) is 4.79 Å². The lowest BCUT2D eigenvalue weighted by molar-refractivity contribution is -0.121. The van der Waals surface area contributed by atoms with Gasteiger partial charge in [0.15, 0.2) is 0 Å². The molecule has 1 amide bonds. The van der Waals surface area contributed by atoms with Crippen LogP contribution in [0.2, 0.25) is 0 Å². The van der Waals surface area contributed by atoms with Gasteiger partial charge in [-0.25, -0.2) is 9.07 Å². The highest BCUT2D eigenvalue weighted by Gasteiger charge is 2.10. The van der Waals surface area contributed by atoms with Crippen LogP contribution in [0.5, 0.6) is 0 Å². The zero-order valence-electron chi connectivity index (χ0n) is 16.1. The summed E-state index contributed by atoms with van der Waals surface area (Å²) in [6.07, 6.45) is 4.85. The average molecular weight is 398 g/mol. The van der Waals surface area contributed by atoms with Crippen molar-refractivity contribution in [3.8, 4) is 5.69 Å². The van der Waals surface area contributed by atoms with E-state index < -0.39 is 0 Å². The molecule has 4 nitrogen and oxygen atoms in total. The molecule has 1 aromatic heterocycles. The van der Waals surface area contributed by atoms with E-state index in [1.165, 1.54) is 12.1 Å². The standard InChI is InChI=1S/C22H24FN3OS/c1-16-4-10-21(26-13-3-12-25-26)18(14-16)15-24-22(27)11-5-17(2)28-20-8-6-19(23)7-9-20/h3-4,6-10,12-14,17H,5,11,15H2,1-2H3,(H,24,27). The van der Waals surface area contributed by atoms with Gasteiger partial charge in [-0.1, -0.05) is 24.6 Å². The Hall–Kier alpha value is -2.60. The first kappa shape index (κ1) is 20.1. The molecule has 3 aromatic rings. The minimum absolute atomic E-state index is 0.0273. The number of rotatable bonds is 8. The Bertz CT molecular complexity index is 910. The molecule has 0 aliphatic heterocycles. The van der Waals surface area contributed by atoms with Crippen LogP contribution in [0, 0.1) is 12.7 Å². The monoisotopic (exact) mass is 397 g/mol. The summed E-state index contributed by atoms with van der Waals surface area (Å²) in [4.78, 5) is 13.3. The quantitative estimate of drug-likeness (QED) is 0.550. The van der Waals surface area contributed by atoms with Crippen LogP contribution in [0.1, 0.15) is 30.9 Å². The Morgan fingerprint density at radius 3 is 2.75 bits per heavy atom. The van der Waals surface area contributed by atoms with E-state index >= 15 is 0 Å². The van der Waals surface area contributed by atoms with Gasteiger partial charge in [0.25, 0.3) is 0 Å². The van der Waals surface area contributed by atoms with Crippen LogP contribution in [-0.4, -0.2) is 20.9 Å². The van der Waals surface area contributed by atoms with Crippen molar-refractivity contribution in [1.29, 1.82) is 0 Å². The molecule has 0 aliphatic rings. The fraction of sp³-hybridized carbons (Fsp3) is 0.273. The minimum atomic E-state index is -0.234. The van der Waals surface area contributed by atoms with Gasteiger partial charge < -0.3 is 5.32 Å². The van der Waals surface area contributed by atoms with Gasteiger partial charge in [-0.05, 0) is 55.3 Å². The molecule has 6 heteroatoms. The zero-order valence-corrected chi connectivity index (χ0v) is 16.9. The number of carbonyl (C=O) groups excluding carboxylic acids is 1. The number of thioether (sulfide) groups is 1. The van der Waals surface area contributed by atoms with Crippen molar-refractivity contribution in [3.63, 3.8) is 0 Å². The third-order valence-corrected chi connectivity index (χ3v) is 5.57. The molecule has 3 rings (SSSR count). The summed E-state index contributed by atoms with van der Waals surface area (Å²) in [6, 6.07) is 14.5. The fourth-order valence-electron chi connectivity index (χ4n) is 2.91. The van der Waals surface area contributed by atoms with Crippen molar-refractivity contribution in [2.24, 2.45) is 0 Å². The first-order valence-electron chi connectivity index (χ1n) is 9.30. The summed E-state index contributed by atoms with van der Waals surface area (Å²) in [7, 11) is 0.